The molecule has 32 heavy (non-hydrogen) atoms. The summed E-state index contributed by atoms with van der Waals surface area (Å²) in [4.78, 5) is 4.25. The standard InChI is InChI=1S/C19H19F2NS.C7H12.C2H6/c1-19(11-5-7-13-6-3-4-8-16(13)19)23-18(22-2)15-12-14(20)9-10-17(15)21;1-2-7-5-3-4-6-7;1-2/h3-4,6,8-10,12H,5,7,11H2,1-2H3;2,7H,1,3-6H2;1-2H3. The maximum Gasteiger partial charge on any atom is 0.133 e. The van der Waals surface area contributed by atoms with Gasteiger partial charge in [0, 0.05) is 17.4 Å². The molecule has 0 spiro atoms. The number of hydrogen-bond donors (Lipinski definition) is 0. The molecule has 0 heterocycles. The molecule has 1 atom stereocenters. The first kappa shape index (κ1) is 26.3. The molecule has 1 nitrogen and oxygen atoms in total. The summed E-state index contributed by atoms with van der Waals surface area (Å²) in [5.41, 5.74) is 2.85. The first-order valence-electron chi connectivity index (χ1n) is 11.8. The number of halogens is 2. The lowest BCUT2D eigenvalue weighted by molar-refractivity contribution is 0.547. The molecule has 0 amide bonds. The zero-order valence-electron chi connectivity index (χ0n) is 20.0. The fraction of sp³-hybridized carbons (Fsp3) is 0.464. The van der Waals surface area contributed by atoms with Crippen LogP contribution in [0.25, 0.3) is 0 Å². The van der Waals surface area contributed by atoms with Crippen LogP contribution in [0, 0.1) is 17.6 Å². The lowest BCUT2D eigenvalue weighted by atomic mass is 9.83. The number of aliphatic imine (C=N–C) groups is 1. The van der Waals surface area contributed by atoms with E-state index >= 15 is 0 Å². The predicted molar refractivity (Wildman–Crippen MR) is 137 cm³/mol. The number of thioether (sulfide) groups is 1. The van der Waals surface area contributed by atoms with Gasteiger partial charge in [0.1, 0.15) is 16.7 Å². The normalized spacial score (nSPS) is 20.4. The number of rotatable bonds is 3. The third-order valence-corrected chi connectivity index (χ3v) is 7.57. The van der Waals surface area contributed by atoms with E-state index in [0.717, 1.165) is 37.3 Å². The first-order valence-corrected chi connectivity index (χ1v) is 12.6. The van der Waals surface area contributed by atoms with Gasteiger partial charge in [-0.05, 0) is 74.3 Å². The van der Waals surface area contributed by atoms with Gasteiger partial charge >= 0.3 is 0 Å². The van der Waals surface area contributed by atoms with E-state index in [2.05, 4.69) is 42.8 Å². The quantitative estimate of drug-likeness (QED) is 0.255. The molecule has 2 aromatic carbocycles. The molecular weight excluding hydrogens is 420 g/mol. The van der Waals surface area contributed by atoms with Crippen LogP contribution in [0.1, 0.15) is 76.0 Å². The Bertz CT molecular complexity index is 902. The minimum Gasteiger partial charge on any atom is -0.281 e. The topological polar surface area (TPSA) is 12.4 Å². The molecule has 0 aromatic heterocycles. The Morgan fingerprint density at radius 2 is 1.78 bits per heavy atom. The van der Waals surface area contributed by atoms with Crippen molar-refractivity contribution in [2.24, 2.45) is 10.9 Å². The molecule has 0 radical (unpaired) electrons. The Labute approximate surface area is 197 Å². The van der Waals surface area contributed by atoms with E-state index in [1.54, 1.807) is 7.05 Å². The molecule has 0 bridgehead atoms. The van der Waals surface area contributed by atoms with Crippen LogP contribution in [0.5, 0.6) is 0 Å². The monoisotopic (exact) mass is 457 g/mol. The van der Waals surface area contributed by atoms with Gasteiger partial charge in [0.05, 0.1) is 0 Å². The van der Waals surface area contributed by atoms with Crippen LogP contribution in [-0.2, 0) is 11.2 Å². The summed E-state index contributed by atoms with van der Waals surface area (Å²) < 4.78 is 27.5. The van der Waals surface area contributed by atoms with Crippen LogP contribution >= 0.6 is 11.8 Å². The Balaban J connectivity index is 0.000000340. The van der Waals surface area contributed by atoms with E-state index in [9.17, 15) is 8.78 Å². The molecule has 1 fully saturated rings. The van der Waals surface area contributed by atoms with Gasteiger partial charge < -0.3 is 0 Å². The highest BCUT2D eigenvalue weighted by Gasteiger charge is 2.34. The second kappa shape index (κ2) is 12.9. The third-order valence-electron chi connectivity index (χ3n) is 6.10. The zero-order valence-corrected chi connectivity index (χ0v) is 20.8. The maximum atomic E-state index is 14.1. The smallest absolute Gasteiger partial charge is 0.133 e. The van der Waals surface area contributed by atoms with E-state index in [0.29, 0.717) is 5.04 Å². The molecule has 4 rings (SSSR count). The van der Waals surface area contributed by atoms with Crippen LogP contribution in [0.2, 0.25) is 0 Å². The first-order chi connectivity index (χ1) is 15.5. The van der Waals surface area contributed by atoms with Crippen LogP contribution in [0.3, 0.4) is 0 Å². The lowest BCUT2D eigenvalue weighted by Gasteiger charge is -2.35. The minimum atomic E-state index is -0.447. The van der Waals surface area contributed by atoms with Crippen molar-refractivity contribution in [1.29, 1.82) is 0 Å². The second-order valence-corrected chi connectivity index (χ2v) is 9.77. The van der Waals surface area contributed by atoms with Gasteiger partial charge in [0.2, 0.25) is 0 Å². The molecule has 0 N–H and O–H groups in total. The molecule has 0 saturated heterocycles. The van der Waals surface area contributed by atoms with Crippen molar-refractivity contribution in [2.45, 2.75) is 70.5 Å². The van der Waals surface area contributed by atoms with Crippen molar-refractivity contribution in [3.8, 4) is 0 Å². The molecule has 174 valence electrons. The van der Waals surface area contributed by atoms with Crippen molar-refractivity contribution in [3.05, 3.63) is 83.4 Å². The maximum absolute atomic E-state index is 14.1. The Kier molecular flexibility index (Phi) is 10.6. The van der Waals surface area contributed by atoms with Crippen LogP contribution in [0.4, 0.5) is 8.78 Å². The van der Waals surface area contributed by atoms with Crippen molar-refractivity contribution in [2.75, 3.05) is 7.05 Å². The summed E-state index contributed by atoms with van der Waals surface area (Å²) in [5, 5.41) is 0.543. The molecule has 1 unspecified atom stereocenters. The number of aryl methyl sites for hydroxylation is 1. The van der Waals surface area contributed by atoms with Gasteiger partial charge in [-0.3, -0.25) is 4.99 Å². The average molecular weight is 458 g/mol. The van der Waals surface area contributed by atoms with E-state index in [1.807, 2.05) is 19.9 Å². The highest BCUT2D eigenvalue weighted by Crippen LogP contribution is 2.47. The lowest BCUT2D eigenvalue weighted by Crippen LogP contribution is -2.26. The predicted octanol–water partition coefficient (Wildman–Crippen LogP) is 8.71. The fourth-order valence-corrected chi connectivity index (χ4v) is 5.74. The van der Waals surface area contributed by atoms with E-state index < -0.39 is 11.6 Å². The Morgan fingerprint density at radius 3 is 2.41 bits per heavy atom. The van der Waals surface area contributed by atoms with Gasteiger partial charge in [-0.25, -0.2) is 8.78 Å². The molecule has 4 heteroatoms. The van der Waals surface area contributed by atoms with Crippen LogP contribution in [0.15, 0.2) is 60.1 Å². The van der Waals surface area contributed by atoms with Gasteiger partial charge in [0.25, 0.3) is 0 Å². The number of hydrogen-bond acceptors (Lipinski definition) is 2. The van der Waals surface area contributed by atoms with Gasteiger partial charge in [-0.1, -0.05) is 68.8 Å². The SMILES string of the molecule is C=CC1CCCC1.CC.CN=C(SC1(C)CCCc2ccccc21)c1cc(F)ccc1F. The fourth-order valence-electron chi connectivity index (χ4n) is 4.40. The zero-order chi connectivity index (χ0) is 23.6. The summed E-state index contributed by atoms with van der Waals surface area (Å²) in [6.07, 6.45) is 10.9. The van der Waals surface area contributed by atoms with Crippen molar-refractivity contribution >= 4 is 16.8 Å². The highest BCUT2D eigenvalue weighted by atomic mass is 32.2. The number of allylic oxidation sites excluding steroid dienone is 1. The Morgan fingerprint density at radius 1 is 1.09 bits per heavy atom. The van der Waals surface area contributed by atoms with Crippen molar-refractivity contribution in [1.82, 2.24) is 0 Å². The summed E-state index contributed by atoms with van der Waals surface area (Å²) >= 11 is 1.53. The largest absolute Gasteiger partial charge is 0.281 e. The highest BCUT2D eigenvalue weighted by molar-refractivity contribution is 8.15. The summed E-state index contributed by atoms with van der Waals surface area (Å²) in [6.45, 7) is 9.91. The number of benzene rings is 2. The van der Waals surface area contributed by atoms with Gasteiger partial charge in [-0.2, -0.15) is 0 Å². The molecule has 2 aliphatic rings. The number of fused-ring (bicyclic) bond motifs is 1. The van der Waals surface area contributed by atoms with Gasteiger partial charge in [0.15, 0.2) is 0 Å². The minimum absolute atomic E-state index is 0.178. The summed E-state index contributed by atoms with van der Waals surface area (Å²) in [7, 11) is 1.63. The third kappa shape index (κ3) is 6.78. The molecular formula is C28H37F2NS. The molecule has 2 aromatic rings. The molecule has 1 saturated carbocycles. The van der Waals surface area contributed by atoms with Gasteiger partial charge in [-0.15, -0.1) is 6.58 Å². The summed E-state index contributed by atoms with van der Waals surface area (Å²) in [5.74, 6) is -0.0236. The van der Waals surface area contributed by atoms with Crippen molar-refractivity contribution < 1.29 is 8.78 Å². The van der Waals surface area contributed by atoms with E-state index in [1.165, 1.54) is 54.6 Å². The van der Waals surface area contributed by atoms with Crippen LogP contribution < -0.4 is 0 Å². The Hall–Kier alpha value is -1.94. The van der Waals surface area contributed by atoms with E-state index in [4.69, 9.17) is 0 Å². The average Bonchev–Trinajstić information content (AvgIpc) is 3.36. The number of nitrogens with zero attached hydrogens (tertiary/aromatic N) is 1. The van der Waals surface area contributed by atoms with Crippen molar-refractivity contribution in [3.63, 3.8) is 0 Å². The molecule has 2 aliphatic carbocycles. The molecule has 0 aliphatic heterocycles. The van der Waals surface area contributed by atoms with Crippen LogP contribution in [-0.4, -0.2) is 12.1 Å². The second-order valence-electron chi connectivity index (χ2n) is 8.28. The summed E-state index contributed by atoms with van der Waals surface area (Å²) in [6, 6.07) is 11.9. The van der Waals surface area contributed by atoms with E-state index in [-0.39, 0.29) is 10.3 Å².